The number of aromatic hydroxyl groups is 2. The Morgan fingerprint density at radius 2 is 1.84 bits per heavy atom. The van der Waals surface area contributed by atoms with Crippen molar-refractivity contribution in [1.82, 2.24) is 4.57 Å². The fourth-order valence-corrected chi connectivity index (χ4v) is 6.07. The zero-order chi connectivity index (χ0) is 26.1. The lowest BCUT2D eigenvalue weighted by Gasteiger charge is -2.26. The molecule has 7 nitrogen and oxygen atoms in total. The molecule has 37 heavy (non-hydrogen) atoms. The molecule has 0 spiro atoms. The highest BCUT2D eigenvalue weighted by Crippen LogP contribution is 2.65. The van der Waals surface area contributed by atoms with E-state index in [1.807, 2.05) is 37.3 Å². The van der Waals surface area contributed by atoms with Gasteiger partial charge in [0.2, 0.25) is 11.8 Å². The monoisotopic (exact) mass is 516 g/mol. The lowest BCUT2D eigenvalue weighted by atomic mass is 9.76. The lowest BCUT2D eigenvalue weighted by Crippen LogP contribution is -2.33. The summed E-state index contributed by atoms with van der Waals surface area (Å²) in [6.07, 6.45) is -0.267. The van der Waals surface area contributed by atoms with Crippen LogP contribution in [0.4, 0.5) is 5.69 Å². The number of fused-ring (bicyclic) bond motifs is 6. The van der Waals surface area contributed by atoms with Gasteiger partial charge in [0.05, 0.1) is 36.1 Å². The van der Waals surface area contributed by atoms with Gasteiger partial charge in [-0.3, -0.25) is 4.57 Å². The van der Waals surface area contributed by atoms with Crippen LogP contribution in [-0.2, 0) is 15.9 Å². The normalized spacial score (nSPS) is 23.8. The van der Waals surface area contributed by atoms with Crippen LogP contribution in [0.2, 0.25) is 5.02 Å². The largest absolute Gasteiger partial charge is 0.494 e. The van der Waals surface area contributed by atoms with E-state index in [9.17, 15) is 15.3 Å². The van der Waals surface area contributed by atoms with E-state index in [0.29, 0.717) is 45.1 Å². The van der Waals surface area contributed by atoms with Gasteiger partial charge >= 0.3 is 0 Å². The Balaban J connectivity index is 1.44. The Morgan fingerprint density at radius 3 is 2.57 bits per heavy atom. The fraction of sp³-hybridized carbons (Fsp3) is 0.276. The van der Waals surface area contributed by atoms with E-state index in [0.717, 1.165) is 10.9 Å². The minimum atomic E-state index is -1.19. The molecule has 0 radical (unpaired) electrons. The summed E-state index contributed by atoms with van der Waals surface area (Å²) in [6, 6.07) is 16.2. The second-order valence-electron chi connectivity index (χ2n) is 9.93. The highest BCUT2D eigenvalue weighted by atomic mass is 35.5. The first-order valence-corrected chi connectivity index (χ1v) is 12.4. The van der Waals surface area contributed by atoms with Crippen LogP contribution >= 0.6 is 11.6 Å². The van der Waals surface area contributed by atoms with Crippen LogP contribution in [-0.4, -0.2) is 32.6 Å². The molecule has 0 saturated carbocycles. The molecule has 3 heterocycles. The molecule has 3 aromatic carbocycles. The highest BCUT2D eigenvalue weighted by molar-refractivity contribution is 6.31. The summed E-state index contributed by atoms with van der Waals surface area (Å²) in [7, 11) is 0. The fourth-order valence-electron chi connectivity index (χ4n) is 5.95. The topological polar surface area (TPSA) is 88.4 Å². The van der Waals surface area contributed by atoms with Gasteiger partial charge < -0.3 is 24.8 Å². The maximum atomic E-state index is 11.6. The number of aliphatic hydroxyl groups excluding tert-OH is 1. The number of nitrogens with zero attached hydrogens (tertiary/aromatic N) is 2. The third-order valence-electron chi connectivity index (χ3n) is 7.78. The second-order valence-corrected chi connectivity index (χ2v) is 10.3. The van der Waals surface area contributed by atoms with Crippen molar-refractivity contribution in [1.29, 1.82) is 0 Å². The van der Waals surface area contributed by atoms with Crippen LogP contribution in [0.1, 0.15) is 36.5 Å². The molecule has 6 rings (SSSR count). The minimum absolute atomic E-state index is 0.147. The Morgan fingerprint density at radius 1 is 1.11 bits per heavy atom. The van der Waals surface area contributed by atoms with Crippen LogP contribution in [0.5, 0.6) is 17.5 Å². The van der Waals surface area contributed by atoms with Crippen LogP contribution in [0.3, 0.4) is 0 Å². The Kier molecular flexibility index (Phi) is 5.22. The third kappa shape index (κ3) is 3.27. The molecule has 1 aromatic heterocycles. The quantitative estimate of drug-likeness (QED) is 0.274. The maximum absolute atomic E-state index is 11.6. The average molecular weight is 517 g/mol. The van der Waals surface area contributed by atoms with Crippen molar-refractivity contribution in [2.45, 2.75) is 44.0 Å². The first kappa shape index (κ1) is 23.7. The van der Waals surface area contributed by atoms with Gasteiger partial charge in [-0.2, -0.15) is 0 Å². The van der Waals surface area contributed by atoms with Gasteiger partial charge in [-0.25, -0.2) is 4.85 Å². The van der Waals surface area contributed by atoms with Crippen molar-refractivity contribution in [3.63, 3.8) is 0 Å². The molecule has 8 heteroatoms. The van der Waals surface area contributed by atoms with Gasteiger partial charge in [0.15, 0.2) is 5.69 Å². The van der Waals surface area contributed by atoms with Crippen LogP contribution < -0.4 is 4.74 Å². The van der Waals surface area contributed by atoms with E-state index >= 15 is 0 Å². The summed E-state index contributed by atoms with van der Waals surface area (Å²) in [6.45, 7) is 11.4. The molecule has 2 aliphatic heterocycles. The molecular formula is C29H25ClN2O5. The molecule has 2 aliphatic rings. The third-order valence-corrected chi connectivity index (χ3v) is 8.21. The molecule has 0 aliphatic carbocycles. The van der Waals surface area contributed by atoms with Crippen molar-refractivity contribution in [2.75, 3.05) is 6.61 Å². The van der Waals surface area contributed by atoms with Crippen molar-refractivity contribution < 1.29 is 24.8 Å². The number of rotatable bonds is 5. The highest BCUT2D eigenvalue weighted by Gasteiger charge is 2.66. The number of halogens is 1. The average Bonchev–Trinajstić information content (AvgIpc) is 3.41. The summed E-state index contributed by atoms with van der Waals surface area (Å²) in [5.74, 6) is 0.325. The minimum Gasteiger partial charge on any atom is -0.494 e. The van der Waals surface area contributed by atoms with Crippen molar-refractivity contribution in [2.24, 2.45) is 0 Å². The Labute approximate surface area is 218 Å². The Hall–Kier alpha value is -3.70. The molecule has 4 aromatic rings. The van der Waals surface area contributed by atoms with Gasteiger partial charge in [-0.15, -0.1) is 0 Å². The number of aliphatic hydroxyl groups is 1. The van der Waals surface area contributed by atoms with Gasteiger partial charge in [0.1, 0.15) is 17.0 Å². The number of ether oxygens (including phenoxy) is 2. The number of benzene rings is 3. The smallest absolute Gasteiger partial charge is 0.205 e. The molecule has 1 fully saturated rings. The predicted octanol–water partition coefficient (Wildman–Crippen LogP) is 6.23. The number of aryl methyl sites for hydroxylation is 1. The van der Waals surface area contributed by atoms with E-state index in [2.05, 4.69) is 4.85 Å². The summed E-state index contributed by atoms with van der Waals surface area (Å²) in [5, 5.41) is 36.1. The van der Waals surface area contributed by atoms with Crippen LogP contribution in [0.25, 0.3) is 21.3 Å². The number of aromatic nitrogens is 1. The summed E-state index contributed by atoms with van der Waals surface area (Å²) in [4.78, 5) is 3.60. The molecule has 188 valence electrons. The SMILES string of the molecule is [C-]#[N+]c1ccc(-n2c(O)c3c(c2O)C2(C)OC3(CCOc3ccc(Cl)c(C)c3)C[C@H]2O)c2ccccc12. The first-order valence-electron chi connectivity index (χ1n) is 12.0. The predicted molar refractivity (Wildman–Crippen MR) is 140 cm³/mol. The molecule has 2 unspecified atom stereocenters. The maximum Gasteiger partial charge on any atom is 0.205 e. The van der Waals surface area contributed by atoms with E-state index in [1.54, 1.807) is 31.2 Å². The summed E-state index contributed by atoms with van der Waals surface area (Å²) < 4.78 is 13.8. The van der Waals surface area contributed by atoms with Crippen molar-refractivity contribution in [3.05, 3.63) is 87.7 Å². The van der Waals surface area contributed by atoms with E-state index < -0.39 is 17.3 Å². The molecule has 0 amide bonds. The Bertz CT molecular complexity index is 1620. The molecule has 3 N–H and O–H groups in total. The number of hydrogen-bond donors (Lipinski definition) is 3. The van der Waals surface area contributed by atoms with Crippen LogP contribution in [0, 0.1) is 13.5 Å². The number of hydrogen-bond acceptors (Lipinski definition) is 5. The van der Waals surface area contributed by atoms with Crippen molar-refractivity contribution in [3.8, 4) is 23.2 Å². The van der Waals surface area contributed by atoms with Gasteiger partial charge in [-0.05, 0) is 54.4 Å². The first-order chi connectivity index (χ1) is 17.7. The summed E-state index contributed by atoms with van der Waals surface area (Å²) >= 11 is 6.12. The zero-order valence-corrected chi connectivity index (χ0v) is 21.1. The van der Waals surface area contributed by atoms with Gasteiger partial charge in [0, 0.05) is 17.9 Å². The lowest BCUT2D eigenvalue weighted by molar-refractivity contribution is -0.107. The zero-order valence-electron chi connectivity index (χ0n) is 20.3. The van der Waals surface area contributed by atoms with Gasteiger partial charge in [0.25, 0.3) is 0 Å². The molecule has 2 bridgehead atoms. The molecule has 3 atom stereocenters. The van der Waals surface area contributed by atoms with Crippen molar-refractivity contribution >= 4 is 28.1 Å². The van der Waals surface area contributed by atoms with E-state index in [-0.39, 0.29) is 24.8 Å². The van der Waals surface area contributed by atoms with E-state index in [4.69, 9.17) is 27.6 Å². The molecule has 1 saturated heterocycles. The standard InChI is InChI=1S/C29H25ClN2O5/c1-16-14-17(8-9-20(16)30)36-13-12-29-15-23(33)28(2,37-29)24-25(29)27(35)32(26(24)34)22-11-10-21(31-3)18-6-4-5-7-19(18)22/h4-11,14,23,33-35H,12-13,15H2,1-2H3/t23-,28?,29?/m1/s1. The molecular weight excluding hydrogens is 492 g/mol. The van der Waals surface area contributed by atoms with Gasteiger partial charge in [-0.1, -0.05) is 41.9 Å². The van der Waals surface area contributed by atoms with Crippen LogP contribution in [0.15, 0.2) is 54.6 Å². The second kappa shape index (κ2) is 8.15. The van der Waals surface area contributed by atoms with E-state index in [1.165, 1.54) is 4.57 Å². The summed E-state index contributed by atoms with van der Waals surface area (Å²) in [5.41, 5.74) is 0.533.